The third-order valence-corrected chi connectivity index (χ3v) is 1.97. The van der Waals surface area contributed by atoms with Gasteiger partial charge in [-0.2, -0.15) is 10.5 Å². The first-order chi connectivity index (χ1) is 8.04. The van der Waals surface area contributed by atoms with Crippen molar-refractivity contribution in [2.45, 2.75) is 27.2 Å². The van der Waals surface area contributed by atoms with Crippen LogP contribution in [0.2, 0.25) is 0 Å². The SMILES string of the molecule is CCOC(=O)CC(C)=NNc1n[nH]c(C)[n+]1N. The molecule has 0 aliphatic heterocycles. The lowest BCUT2D eigenvalue weighted by Gasteiger charge is -2.00. The van der Waals surface area contributed by atoms with Gasteiger partial charge in [0.15, 0.2) is 0 Å². The van der Waals surface area contributed by atoms with Gasteiger partial charge in [0.05, 0.1) is 18.7 Å². The molecule has 0 aromatic carbocycles. The second-order valence-electron chi connectivity index (χ2n) is 3.44. The number of anilines is 1. The predicted octanol–water partition coefficient (Wildman–Crippen LogP) is -0.540. The van der Waals surface area contributed by atoms with Crippen molar-refractivity contribution >= 4 is 17.6 Å². The van der Waals surface area contributed by atoms with Crippen LogP contribution in [0, 0.1) is 6.92 Å². The smallest absolute Gasteiger partial charge is 0.421 e. The molecule has 0 aliphatic carbocycles. The van der Waals surface area contributed by atoms with Crippen LogP contribution in [0.25, 0.3) is 0 Å². The van der Waals surface area contributed by atoms with Crippen molar-refractivity contribution in [3.63, 3.8) is 0 Å². The van der Waals surface area contributed by atoms with Gasteiger partial charge in [0.25, 0.3) is 0 Å². The number of aryl methyl sites for hydroxylation is 1. The maximum Gasteiger partial charge on any atom is 0.421 e. The van der Waals surface area contributed by atoms with Gasteiger partial charge in [-0.15, -0.1) is 9.78 Å². The number of rotatable bonds is 5. The molecule has 0 amide bonds. The summed E-state index contributed by atoms with van der Waals surface area (Å²) < 4.78 is 6.11. The molecule has 1 aromatic rings. The fourth-order valence-electron chi connectivity index (χ4n) is 1.09. The molecule has 94 valence electrons. The summed E-state index contributed by atoms with van der Waals surface area (Å²) in [6.07, 6.45) is 0.134. The second kappa shape index (κ2) is 5.83. The van der Waals surface area contributed by atoms with Crippen molar-refractivity contribution in [1.29, 1.82) is 0 Å². The number of H-pyrrole nitrogens is 1. The molecule has 0 aliphatic rings. The van der Waals surface area contributed by atoms with Crippen LogP contribution in [0.4, 0.5) is 5.95 Å². The number of aromatic amines is 1. The Hall–Kier alpha value is -2.12. The molecule has 0 saturated heterocycles. The normalized spacial score (nSPS) is 11.4. The van der Waals surface area contributed by atoms with Gasteiger partial charge in [-0.3, -0.25) is 10.6 Å². The van der Waals surface area contributed by atoms with E-state index in [4.69, 9.17) is 10.6 Å². The Balaban J connectivity index is 2.53. The third-order valence-electron chi connectivity index (χ3n) is 1.97. The van der Waals surface area contributed by atoms with Crippen LogP contribution in [0.3, 0.4) is 0 Å². The number of carbonyl (C=O) groups excluding carboxylic acids is 1. The number of carbonyl (C=O) groups is 1. The summed E-state index contributed by atoms with van der Waals surface area (Å²) in [5.41, 5.74) is 3.24. The van der Waals surface area contributed by atoms with Gasteiger partial charge in [0.1, 0.15) is 0 Å². The molecule has 0 spiro atoms. The van der Waals surface area contributed by atoms with E-state index in [2.05, 4.69) is 20.7 Å². The summed E-state index contributed by atoms with van der Waals surface area (Å²) in [7, 11) is 0. The Morgan fingerprint density at radius 2 is 2.41 bits per heavy atom. The van der Waals surface area contributed by atoms with Gasteiger partial charge in [-0.05, 0) is 13.8 Å². The monoisotopic (exact) mass is 241 g/mol. The minimum Gasteiger partial charge on any atom is -0.466 e. The topological polar surface area (TPSA) is 109 Å². The summed E-state index contributed by atoms with van der Waals surface area (Å²) in [6, 6.07) is 0. The number of nitrogens with one attached hydrogen (secondary N) is 2. The lowest BCUT2D eigenvalue weighted by Crippen LogP contribution is -2.47. The van der Waals surface area contributed by atoms with E-state index >= 15 is 0 Å². The number of esters is 1. The first-order valence-electron chi connectivity index (χ1n) is 5.21. The zero-order valence-electron chi connectivity index (χ0n) is 10.1. The van der Waals surface area contributed by atoms with E-state index in [0.29, 0.717) is 24.1 Å². The van der Waals surface area contributed by atoms with Gasteiger partial charge in [-0.25, -0.2) is 0 Å². The van der Waals surface area contributed by atoms with E-state index in [1.807, 2.05) is 0 Å². The van der Waals surface area contributed by atoms with E-state index in [1.54, 1.807) is 20.8 Å². The molecule has 0 bridgehead atoms. The molecule has 0 unspecified atom stereocenters. The van der Waals surface area contributed by atoms with Gasteiger partial charge >= 0.3 is 11.9 Å². The number of nitrogens with zero attached hydrogens (tertiary/aromatic N) is 3. The number of aromatic nitrogens is 3. The third kappa shape index (κ3) is 3.74. The molecule has 1 aromatic heterocycles. The average Bonchev–Trinajstić information content (AvgIpc) is 2.57. The second-order valence-corrected chi connectivity index (χ2v) is 3.44. The molecule has 1 heterocycles. The zero-order valence-corrected chi connectivity index (χ0v) is 10.1. The van der Waals surface area contributed by atoms with Crippen LogP contribution in [-0.2, 0) is 9.53 Å². The van der Waals surface area contributed by atoms with Crippen molar-refractivity contribution in [3.05, 3.63) is 5.82 Å². The fourth-order valence-corrected chi connectivity index (χ4v) is 1.09. The van der Waals surface area contributed by atoms with Crippen LogP contribution < -0.4 is 15.9 Å². The summed E-state index contributed by atoms with van der Waals surface area (Å²) in [4.78, 5) is 11.2. The summed E-state index contributed by atoms with van der Waals surface area (Å²) in [5, 5.41) is 10.5. The highest BCUT2D eigenvalue weighted by Crippen LogP contribution is 1.95. The van der Waals surface area contributed by atoms with Crippen molar-refractivity contribution in [3.8, 4) is 0 Å². The molecule has 0 saturated carbocycles. The highest BCUT2D eigenvalue weighted by molar-refractivity contribution is 5.97. The van der Waals surface area contributed by atoms with Gasteiger partial charge in [-0.1, -0.05) is 0 Å². The minimum atomic E-state index is -0.311. The maximum absolute atomic E-state index is 11.2. The first-order valence-corrected chi connectivity index (χ1v) is 5.21. The fraction of sp³-hybridized carbons (Fsp3) is 0.556. The average molecular weight is 241 g/mol. The number of nitrogen functional groups attached to an aromatic ring is 1. The van der Waals surface area contributed by atoms with E-state index < -0.39 is 0 Å². The molecule has 0 atom stereocenters. The van der Waals surface area contributed by atoms with Crippen LogP contribution in [-0.4, -0.2) is 28.5 Å². The lowest BCUT2D eigenvalue weighted by molar-refractivity contribution is -0.631. The highest BCUT2D eigenvalue weighted by Gasteiger charge is 2.13. The molecule has 0 radical (unpaired) electrons. The Labute approximate surface area is 98.8 Å². The molecule has 17 heavy (non-hydrogen) atoms. The predicted molar refractivity (Wildman–Crippen MR) is 61.7 cm³/mol. The Kier molecular flexibility index (Phi) is 4.44. The number of nitrogens with two attached hydrogens (primary N) is 1. The van der Waals surface area contributed by atoms with Crippen LogP contribution in [0.1, 0.15) is 26.1 Å². The van der Waals surface area contributed by atoms with Crippen LogP contribution >= 0.6 is 0 Å². The van der Waals surface area contributed by atoms with Crippen molar-refractivity contribution < 1.29 is 14.2 Å². The summed E-state index contributed by atoms with van der Waals surface area (Å²) in [6.45, 7) is 5.60. The number of ether oxygens (including phenoxy) is 1. The minimum absolute atomic E-state index is 0.134. The van der Waals surface area contributed by atoms with E-state index in [0.717, 1.165) is 0 Å². The number of hydrogen-bond acceptors (Lipinski definition) is 6. The van der Waals surface area contributed by atoms with Gasteiger partial charge < -0.3 is 4.74 Å². The van der Waals surface area contributed by atoms with Crippen LogP contribution in [0.15, 0.2) is 5.10 Å². The summed E-state index contributed by atoms with van der Waals surface area (Å²) in [5.74, 6) is 6.38. The lowest BCUT2D eigenvalue weighted by atomic mass is 10.3. The Morgan fingerprint density at radius 3 is 2.94 bits per heavy atom. The van der Waals surface area contributed by atoms with Crippen LogP contribution in [0.5, 0.6) is 0 Å². The largest absolute Gasteiger partial charge is 0.466 e. The van der Waals surface area contributed by atoms with Gasteiger partial charge in [0.2, 0.25) is 5.82 Å². The first kappa shape index (κ1) is 12.9. The van der Waals surface area contributed by atoms with Crippen molar-refractivity contribution in [2.24, 2.45) is 5.10 Å². The Bertz CT molecular complexity index is 425. The van der Waals surface area contributed by atoms with E-state index in [9.17, 15) is 4.79 Å². The van der Waals surface area contributed by atoms with Gasteiger partial charge in [0, 0.05) is 12.0 Å². The van der Waals surface area contributed by atoms with E-state index in [1.165, 1.54) is 4.68 Å². The quantitative estimate of drug-likeness (QED) is 0.211. The van der Waals surface area contributed by atoms with Crippen molar-refractivity contribution in [1.82, 2.24) is 10.2 Å². The van der Waals surface area contributed by atoms with Crippen molar-refractivity contribution in [2.75, 3.05) is 17.9 Å². The molecular formula is C9H17N6O2+. The standard InChI is InChI=1S/C9H16N6O2/c1-4-17-8(16)5-6(2)11-13-9-14-12-7(3)15(9)10/h4-5,10H2,1-3H3,(H,13,14)/p+1. The molecule has 0 fully saturated rings. The molecule has 8 nitrogen and oxygen atoms in total. The number of hydrogen-bond donors (Lipinski definition) is 3. The molecular weight excluding hydrogens is 224 g/mol. The highest BCUT2D eigenvalue weighted by atomic mass is 16.5. The summed E-state index contributed by atoms with van der Waals surface area (Å²) >= 11 is 0. The molecule has 4 N–H and O–H groups in total. The maximum atomic E-state index is 11.2. The number of hydrazone groups is 1. The molecule has 8 heteroatoms. The van der Waals surface area contributed by atoms with E-state index in [-0.39, 0.29) is 12.4 Å². The zero-order chi connectivity index (χ0) is 12.8. The molecule has 1 rings (SSSR count). The Morgan fingerprint density at radius 1 is 1.71 bits per heavy atom.